The van der Waals surface area contributed by atoms with E-state index in [9.17, 15) is 48.7 Å². The van der Waals surface area contributed by atoms with Crippen molar-refractivity contribution in [3.63, 3.8) is 0 Å². The molecule has 13 N–H and O–H groups in total. The lowest BCUT2D eigenvalue weighted by Crippen LogP contribution is -2.36. The van der Waals surface area contributed by atoms with E-state index in [4.69, 9.17) is 31.2 Å². The van der Waals surface area contributed by atoms with E-state index in [1.54, 1.807) is 41.0 Å². The van der Waals surface area contributed by atoms with Crippen LogP contribution in [0.5, 0.6) is 23.0 Å². The van der Waals surface area contributed by atoms with Gasteiger partial charge in [0.15, 0.2) is 39.7 Å². The number of carbonyl (C=O) groups excluding carboxylic acids is 1. The number of H-pyrrole nitrogens is 7. The van der Waals surface area contributed by atoms with Gasteiger partial charge in [-0.1, -0.05) is 18.9 Å². The lowest BCUT2D eigenvalue weighted by atomic mass is 9.99. The molecule has 9 aromatic carbocycles. The zero-order chi connectivity index (χ0) is 96.3. The summed E-state index contributed by atoms with van der Waals surface area (Å²) in [7, 11) is 4.03. The lowest BCUT2D eigenvalue weighted by Gasteiger charge is -2.29. The Morgan fingerprint density at radius 3 is 1.31 bits per heavy atom. The van der Waals surface area contributed by atoms with E-state index in [-0.39, 0.29) is 70.7 Å². The van der Waals surface area contributed by atoms with Crippen molar-refractivity contribution in [2.75, 3.05) is 152 Å². The number of morpholine rings is 4. The van der Waals surface area contributed by atoms with Crippen LogP contribution in [-0.4, -0.2) is 275 Å². The number of hydrogen-bond donors (Lipinski definition) is 13. The Morgan fingerprint density at radius 1 is 0.421 bits per heavy atom. The number of likely N-dealkylation sites (N-methyl/N-ethyl adjacent to an activating group) is 1. The molecule has 0 unspecified atom stereocenters. The summed E-state index contributed by atoms with van der Waals surface area (Å²) in [6.07, 6.45) is 7.84. The van der Waals surface area contributed by atoms with Crippen molar-refractivity contribution < 1.29 is 62.4 Å². The summed E-state index contributed by atoms with van der Waals surface area (Å²) in [4.78, 5) is 49.4. The third-order valence-electron chi connectivity index (χ3n) is 26.0. The van der Waals surface area contributed by atoms with E-state index in [0.717, 1.165) is 165 Å². The van der Waals surface area contributed by atoms with Gasteiger partial charge in [-0.05, 0) is 179 Å². The van der Waals surface area contributed by atoms with Crippen LogP contribution in [0.25, 0.3) is 112 Å². The Hall–Kier alpha value is -15.3. The van der Waals surface area contributed by atoms with Crippen molar-refractivity contribution in [2.24, 2.45) is 0 Å². The van der Waals surface area contributed by atoms with Gasteiger partial charge in [-0.25, -0.2) is 42.1 Å². The number of aromatic amines is 7. The Balaban J connectivity index is 0.000000116. The van der Waals surface area contributed by atoms with E-state index >= 15 is 4.39 Å². The number of fused-ring (bicyclic) bond motifs is 4. The number of phenolic OH excluding ortho intramolecular Hbond substituents is 4. The number of rotatable bonds is 22. The second-order valence-electron chi connectivity index (χ2n) is 35.3. The Bertz CT molecular complexity index is 7550. The first-order valence-electron chi connectivity index (χ1n) is 46.4. The number of ether oxygens (including phenoxy) is 4. The maximum Gasteiger partial charge on any atom is 0.348 e. The highest BCUT2D eigenvalue weighted by molar-refractivity contribution is 7.71. The molecule has 17 aromatic rings. The second-order valence-corrected chi connectivity index (χ2v) is 35.7. The summed E-state index contributed by atoms with van der Waals surface area (Å²) in [5.74, 6) is -1.24. The third kappa shape index (κ3) is 19.3. The lowest BCUT2D eigenvalue weighted by molar-refractivity contribution is 0.0938. The Labute approximate surface area is 801 Å². The molecule has 0 radical (unpaired) electrons. The van der Waals surface area contributed by atoms with Gasteiger partial charge in [-0.2, -0.15) is 35.7 Å². The van der Waals surface area contributed by atoms with Crippen LogP contribution >= 0.6 is 12.2 Å². The van der Waals surface area contributed by atoms with E-state index in [2.05, 4.69) is 119 Å². The summed E-state index contributed by atoms with van der Waals surface area (Å²) in [6, 6.07) is 45.4. The summed E-state index contributed by atoms with van der Waals surface area (Å²) in [6.45, 7) is 12.4. The topological polar surface area (TPSA) is 464 Å². The molecule has 4 saturated heterocycles. The number of carbonyl (C=O) groups is 1. The zero-order valence-corrected chi connectivity index (χ0v) is 77.3. The number of aliphatic hydroxyl groups excluding tert-OH is 1. The van der Waals surface area contributed by atoms with Crippen molar-refractivity contribution in [1.29, 1.82) is 0 Å². The minimum atomic E-state index is -0.961. The van der Waals surface area contributed by atoms with Gasteiger partial charge in [0.1, 0.15) is 28.8 Å². The number of halogens is 3. The fraction of sp³-hybridized carbons (Fsp3) is 0.316. The average molecular weight is 1920 g/mol. The normalized spacial score (nSPS) is 15.4. The van der Waals surface area contributed by atoms with Crippen LogP contribution in [0.4, 0.5) is 35.9 Å². The van der Waals surface area contributed by atoms with Gasteiger partial charge in [0, 0.05) is 188 Å². The molecule has 0 atom stereocenters. The minimum absolute atomic E-state index is 0.00169. The van der Waals surface area contributed by atoms with Crippen LogP contribution in [0.15, 0.2) is 167 Å². The Morgan fingerprint density at radius 2 is 0.836 bits per heavy atom. The number of anilines is 4. The largest absolute Gasteiger partial charge is 0.507 e. The predicted molar refractivity (Wildman–Crippen MR) is 521 cm³/mol. The molecule has 1 amide bonds. The number of phenols is 4. The van der Waals surface area contributed by atoms with Gasteiger partial charge in [-0.15, -0.1) is 10.2 Å². The van der Waals surface area contributed by atoms with Crippen molar-refractivity contribution in [3.05, 3.63) is 235 Å². The monoisotopic (exact) mass is 1920 g/mol. The van der Waals surface area contributed by atoms with Crippen LogP contribution in [-0.2, 0) is 38.2 Å². The summed E-state index contributed by atoms with van der Waals surface area (Å²) in [5.41, 5.74) is 13.6. The molecule has 23 rings (SSSR count). The standard InChI is InChI=1S/C30H26F3N7O3.C24H26N6O3.C23H27N7O3.C21H22N6O3S/c31-21-5-1-16(11-22(21)32)12-24-19-14-20(27(41)15-25(19)36-35-24)28-37-38-29(30(42)34-17-2-3-17)40(28)18-4-6-26(23(33)13-18)39-7-9-43-10-8-39;31-21-14-20-18(22(26-25-20)15-3-1-2-4-15)13-19(21)23-27-28-24(32)30(23)17-7-5-16(6-8-17)29-9-11-33-12-10-29;1-28(2)8-7-19-17-13-18(21(31)14-20(17)25-24-19)22-26-27-23(32)30(22)16-5-3-15(4-6-16)29-9-11-33-12-10-29;28-8-5-17-15-11-16(19(29)12-18(15)23-22-17)20-24-25-21(31)27(20)14-3-1-13(2-4-14)26-6-9-30-10-7-26/h1,4-6,11,13-15,17,41H,2-3,7-10,12H2,(H,34,42)(H,35,36);5-8,13-15,31H,1-4,9-12H2,(H,25,26)(H,28,32);3-6,13-14,31H,7-12H2,1-2H3,(H,24,25)(H,27,32);1-4,11-12,28-29H,5-10H2,(H,22,23)(H,25,31). The molecule has 0 spiro atoms. The number of aromatic nitrogens is 20. The van der Waals surface area contributed by atoms with Crippen molar-refractivity contribution in [2.45, 2.75) is 69.7 Å². The molecule has 42 heteroatoms. The number of amides is 1. The fourth-order valence-electron chi connectivity index (χ4n) is 18.5. The highest BCUT2D eigenvalue weighted by Gasteiger charge is 2.33. The smallest absolute Gasteiger partial charge is 0.348 e. The number of hydrogen-bond acceptors (Lipinski definition) is 27. The molecule has 0 bridgehead atoms. The number of nitrogens with one attached hydrogen (secondary N) is 8. The van der Waals surface area contributed by atoms with Crippen LogP contribution in [0, 0.1) is 22.2 Å². The molecule has 6 fully saturated rings. The summed E-state index contributed by atoms with van der Waals surface area (Å²) in [5, 5.41) is 117. The zero-order valence-electron chi connectivity index (χ0n) is 76.4. The number of nitrogens with zero attached hydrogens (tertiary/aromatic N) is 18. The molecule has 8 aromatic heterocycles. The molecular weight excluding hydrogens is 1820 g/mol. The number of aliphatic hydroxyl groups is 1. The van der Waals surface area contributed by atoms with Crippen molar-refractivity contribution in [1.82, 2.24) is 110 Å². The highest BCUT2D eigenvalue weighted by atomic mass is 32.1. The van der Waals surface area contributed by atoms with E-state index in [1.807, 2.05) is 97.9 Å². The average Bonchev–Trinajstić information content (AvgIpc) is 1.71. The SMILES string of the molecule is CN(C)CCc1[nH]nc2cc(O)c(-c3n[nH]c(=O)n3-c3ccc(N4CCOCC4)cc3)cc12.O=C(NC1CC1)c1nnc(-c2cc3c(Cc4ccc(F)c(F)c4)[nH]nc3cc2O)n1-c1ccc(N2CCOCC2)c(F)c1.O=c1[nH]nc(-c2cc3c(C4CCCC4)[nH]nc3cc2O)n1-c1ccc(N2CCOCC2)cc1.OCCc1[nH]nc2cc(O)c(-c3n[nH]c(=S)n3-c3ccc(N4CCOCC4)cc3)cc12. The molecular formula is C98H101F3N26O12S. The first kappa shape index (κ1) is 92.4. The maximum absolute atomic E-state index is 15.5. The van der Waals surface area contributed by atoms with Gasteiger partial charge in [0.05, 0.1) is 126 Å². The van der Waals surface area contributed by atoms with Crippen molar-refractivity contribution >= 4 is 84.5 Å². The predicted octanol–water partition coefficient (Wildman–Crippen LogP) is 11.9. The molecule has 4 aliphatic heterocycles. The first-order chi connectivity index (χ1) is 68.2. The quantitative estimate of drug-likeness (QED) is 0.0280. The van der Waals surface area contributed by atoms with Crippen molar-refractivity contribution in [3.8, 4) is 91.3 Å². The van der Waals surface area contributed by atoms with Crippen LogP contribution in [0.1, 0.15) is 83.4 Å². The third-order valence-corrected chi connectivity index (χ3v) is 26.3. The molecule has 2 aliphatic carbocycles. The maximum atomic E-state index is 15.5. The molecule has 722 valence electrons. The van der Waals surface area contributed by atoms with Crippen LogP contribution in [0.3, 0.4) is 0 Å². The van der Waals surface area contributed by atoms with Gasteiger partial charge in [0.25, 0.3) is 5.91 Å². The van der Waals surface area contributed by atoms with Gasteiger partial charge in [0.2, 0.25) is 5.82 Å². The molecule has 2 saturated carbocycles. The van der Waals surface area contributed by atoms with Gasteiger partial charge >= 0.3 is 11.4 Å². The molecule has 6 aliphatic rings. The second kappa shape index (κ2) is 40.4. The van der Waals surface area contributed by atoms with Gasteiger partial charge in [-0.3, -0.25) is 39.4 Å². The number of benzene rings is 9. The number of aromatic hydroxyl groups is 4. The summed E-state index contributed by atoms with van der Waals surface area (Å²) < 4.78 is 71.1. The molecule has 38 nitrogen and oxygen atoms in total. The van der Waals surface area contributed by atoms with Gasteiger partial charge < -0.3 is 74.3 Å². The highest BCUT2D eigenvalue weighted by Crippen LogP contribution is 2.43. The fourth-order valence-corrected chi connectivity index (χ4v) is 18.7. The minimum Gasteiger partial charge on any atom is -0.507 e. The van der Waals surface area contributed by atoms with E-state index in [0.29, 0.717) is 160 Å². The summed E-state index contributed by atoms with van der Waals surface area (Å²) >= 11 is 5.49. The first-order valence-corrected chi connectivity index (χ1v) is 46.8. The Kier molecular flexibility index (Phi) is 26.6. The van der Waals surface area contributed by atoms with Crippen LogP contribution < -0.4 is 36.3 Å². The van der Waals surface area contributed by atoms with E-state index in [1.165, 1.54) is 44.7 Å². The molecule has 140 heavy (non-hydrogen) atoms. The molecule has 12 heterocycles. The van der Waals surface area contributed by atoms with Crippen LogP contribution in [0.2, 0.25) is 0 Å². The van der Waals surface area contributed by atoms with E-state index < -0.39 is 23.4 Å².